The third-order valence-electron chi connectivity index (χ3n) is 2.81. The average molecular weight is 285 g/mol. The average Bonchev–Trinajstić information content (AvgIpc) is 3.05. The van der Waals surface area contributed by atoms with E-state index in [4.69, 9.17) is 14.7 Å². The monoisotopic (exact) mass is 285 g/mol. The van der Waals surface area contributed by atoms with Gasteiger partial charge in [-0.1, -0.05) is 0 Å². The molecule has 0 atom stereocenters. The molecule has 0 saturated heterocycles. The highest BCUT2D eigenvalue weighted by atomic mass is 32.1. The molecular formula is C14H11N3O2S. The van der Waals surface area contributed by atoms with E-state index in [-0.39, 0.29) is 0 Å². The molecule has 2 heterocycles. The van der Waals surface area contributed by atoms with Crippen LogP contribution in [-0.2, 0) is 6.61 Å². The van der Waals surface area contributed by atoms with Gasteiger partial charge in [0.15, 0.2) is 16.5 Å². The van der Waals surface area contributed by atoms with Crippen molar-refractivity contribution in [2.24, 2.45) is 0 Å². The standard InChI is InChI=1S/C14H11N3O2S/c1-18-13-6-10(7-15)2-3-12(13)19-9-11-8-17-4-5-20-14(17)16-11/h2-6,8H,9H2,1H3. The fraction of sp³-hybridized carbons (Fsp3) is 0.143. The number of fused-ring (bicyclic) bond motifs is 1. The first-order chi connectivity index (χ1) is 9.80. The van der Waals surface area contributed by atoms with Gasteiger partial charge < -0.3 is 9.47 Å². The summed E-state index contributed by atoms with van der Waals surface area (Å²) in [5, 5.41) is 10.8. The van der Waals surface area contributed by atoms with Crippen molar-refractivity contribution in [3.63, 3.8) is 0 Å². The minimum atomic E-state index is 0.358. The zero-order valence-corrected chi connectivity index (χ0v) is 11.6. The van der Waals surface area contributed by atoms with E-state index in [0.717, 1.165) is 10.7 Å². The Hall–Kier alpha value is -2.52. The van der Waals surface area contributed by atoms with Gasteiger partial charge in [0.1, 0.15) is 6.61 Å². The van der Waals surface area contributed by atoms with E-state index in [1.54, 1.807) is 36.6 Å². The fourth-order valence-corrected chi connectivity index (χ4v) is 2.57. The van der Waals surface area contributed by atoms with E-state index in [2.05, 4.69) is 11.1 Å². The molecule has 0 spiro atoms. The molecule has 1 aromatic carbocycles. The molecule has 3 aromatic rings. The van der Waals surface area contributed by atoms with Gasteiger partial charge in [-0.15, -0.1) is 11.3 Å². The number of imidazole rings is 1. The lowest BCUT2D eigenvalue weighted by atomic mass is 10.2. The molecule has 0 bridgehead atoms. The molecular weight excluding hydrogens is 274 g/mol. The molecule has 0 fully saturated rings. The third-order valence-corrected chi connectivity index (χ3v) is 3.58. The molecule has 0 aliphatic rings. The predicted octanol–water partition coefficient (Wildman–Crippen LogP) is 2.86. The summed E-state index contributed by atoms with van der Waals surface area (Å²) in [7, 11) is 1.55. The zero-order valence-electron chi connectivity index (χ0n) is 10.7. The van der Waals surface area contributed by atoms with Crippen LogP contribution in [0.2, 0.25) is 0 Å². The quantitative estimate of drug-likeness (QED) is 0.739. The Labute approximate surface area is 119 Å². The Morgan fingerprint density at radius 2 is 2.30 bits per heavy atom. The van der Waals surface area contributed by atoms with Crippen LogP contribution in [0.15, 0.2) is 36.0 Å². The number of hydrogen-bond acceptors (Lipinski definition) is 5. The van der Waals surface area contributed by atoms with Crippen molar-refractivity contribution in [1.29, 1.82) is 5.26 Å². The molecule has 5 nitrogen and oxygen atoms in total. The van der Waals surface area contributed by atoms with Crippen molar-refractivity contribution < 1.29 is 9.47 Å². The van der Waals surface area contributed by atoms with Crippen molar-refractivity contribution in [3.8, 4) is 17.6 Å². The van der Waals surface area contributed by atoms with Gasteiger partial charge in [-0.25, -0.2) is 4.98 Å². The smallest absolute Gasteiger partial charge is 0.193 e. The van der Waals surface area contributed by atoms with E-state index in [0.29, 0.717) is 23.7 Å². The Balaban J connectivity index is 1.78. The zero-order chi connectivity index (χ0) is 13.9. The van der Waals surface area contributed by atoms with Crippen molar-refractivity contribution >= 4 is 16.3 Å². The molecule has 0 amide bonds. The lowest BCUT2D eigenvalue weighted by Crippen LogP contribution is -1.98. The Morgan fingerprint density at radius 1 is 1.40 bits per heavy atom. The van der Waals surface area contributed by atoms with E-state index in [1.165, 1.54) is 0 Å². The number of rotatable bonds is 4. The van der Waals surface area contributed by atoms with Gasteiger partial charge in [-0.2, -0.15) is 5.26 Å². The Bertz CT molecular complexity index is 757. The lowest BCUT2D eigenvalue weighted by Gasteiger charge is -2.09. The lowest BCUT2D eigenvalue weighted by molar-refractivity contribution is 0.281. The number of nitrogens with zero attached hydrogens (tertiary/aromatic N) is 3. The summed E-state index contributed by atoms with van der Waals surface area (Å²) >= 11 is 1.58. The molecule has 0 N–H and O–H groups in total. The van der Waals surface area contributed by atoms with Gasteiger partial charge in [0, 0.05) is 23.8 Å². The van der Waals surface area contributed by atoms with E-state index in [9.17, 15) is 0 Å². The highest BCUT2D eigenvalue weighted by Gasteiger charge is 2.08. The van der Waals surface area contributed by atoms with Crippen LogP contribution >= 0.6 is 11.3 Å². The van der Waals surface area contributed by atoms with Crippen molar-refractivity contribution in [3.05, 3.63) is 47.2 Å². The SMILES string of the molecule is COc1cc(C#N)ccc1OCc1cn2ccsc2n1. The number of benzene rings is 1. The normalized spacial score (nSPS) is 10.4. The van der Waals surface area contributed by atoms with Crippen molar-refractivity contribution in [2.45, 2.75) is 6.61 Å². The van der Waals surface area contributed by atoms with Crippen LogP contribution in [0.25, 0.3) is 4.96 Å². The van der Waals surface area contributed by atoms with E-state index < -0.39 is 0 Å². The van der Waals surface area contributed by atoms with Crippen LogP contribution in [0, 0.1) is 11.3 Å². The summed E-state index contributed by atoms with van der Waals surface area (Å²) in [5.74, 6) is 1.15. The van der Waals surface area contributed by atoms with Gasteiger partial charge >= 0.3 is 0 Å². The first-order valence-electron chi connectivity index (χ1n) is 5.92. The first kappa shape index (κ1) is 12.5. The largest absolute Gasteiger partial charge is 0.493 e. The van der Waals surface area contributed by atoms with E-state index >= 15 is 0 Å². The second-order valence-corrected chi connectivity index (χ2v) is 4.96. The van der Waals surface area contributed by atoms with Crippen LogP contribution in [0.3, 0.4) is 0 Å². The number of thiazole rings is 1. The first-order valence-corrected chi connectivity index (χ1v) is 6.80. The Kier molecular flexibility index (Phi) is 3.27. The third kappa shape index (κ3) is 2.31. The number of ether oxygens (including phenoxy) is 2. The summed E-state index contributed by atoms with van der Waals surface area (Å²) in [6.07, 6.45) is 3.89. The molecule has 0 unspecified atom stereocenters. The summed E-state index contributed by atoms with van der Waals surface area (Å²) in [5.41, 5.74) is 1.39. The number of aromatic nitrogens is 2. The molecule has 3 rings (SSSR count). The van der Waals surface area contributed by atoms with Crippen LogP contribution in [-0.4, -0.2) is 16.5 Å². The Morgan fingerprint density at radius 3 is 3.05 bits per heavy atom. The van der Waals surface area contributed by atoms with Crippen LogP contribution in [0.4, 0.5) is 0 Å². The molecule has 0 radical (unpaired) electrons. The molecule has 20 heavy (non-hydrogen) atoms. The van der Waals surface area contributed by atoms with Crippen LogP contribution in [0.5, 0.6) is 11.5 Å². The summed E-state index contributed by atoms with van der Waals surface area (Å²) in [6.45, 7) is 0.358. The fourth-order valence-electron chi connectivity index (χ4n) is 1.85. The van der Waals surface area contributed by atoms with Crippen LogP contribution in [0.1, 0.15) is 11.3 Å². The maximum absolute atomic E-state index is 8.86. The number of hydrogen-bond donors (Lipinski definition) is 0. The second-order valence-electron chi connectivity index (χ2n) is 4.09. The highest BCUT2D eigenvalue weighted by Crippen LogP contribution is 2.28. The van der Waals surface area contributed by atoms with Crippen molar-refractivity contribution in [1.82, 2.24) is 9.38 Å². The predicted molar refractivity (Wildman–Crippen MR) is 75.1 cm³/mol. The molecule has 6 heteroatoms. The molecule has 0 aliphatic carbocycles. The molecule has 0 saturated carbocycles. The maximum Gasteiger partial charge on any atom is 0.193 e. The van der Waals surface area contributed by atoms with Gasteiger partial charge in [-0.3, -0.25) is 4.40 Å². The maximum atomic E-state index is 8.86. The van der Waals surface area contributed by atoms with E-state index in [1.807, 2.05) is 22.2 Å². The van der Waals surface area contributed by atoms with Crippen molar-refractivity contribution in [2.75, 3.05) is 7.11 Å². The second kappa shape index (κ2) is 5.23. The molecule has 2 aromatic heterocycles. The highest BCUT2D eigenvalue weighted by molar-refractivity contribution is 7.15. The minimum absolute atomic E-state index is 0.358. The van der Waals surface area contributed by atoms with Gasteiger partial charge in [0.2, 0.25) is 0 Å². The summed E-state index contributed by atoms with van der Waals surface area (Å²) < 4.78 is 12.9. The van der Waals surface area contributed by atoms with Gasteiger partial charge in [-0.05, 0) is 12.1 Å². The molecule has 0 aliphatic heterocycles. The minimum Gasteiger partial charge on any atom is -0.493 e. The topological polar surface area (TPSA) is 59.5 Å². The number of methoxy groups -OCH3 is 1. The summed E-state index contributed by atoms with van der Waals surface area (Å²) in [6, 6.07) is 7.15. The van der Waals surface area contributed by atoms with Gasteiger partial charge in [0.05, 0.1) is 24.4 Å². The van der Waals surface area contributed by atoms with Crippen LogP contribution < -0.4 is 9.47 Å². The summed E-state index contributed by atoms with van der Waals surface area (Å²) in [4.78, 5) is 5.38. The molecule has 100 valence electrons. The number of nitriles is 1. The van der Waals surface area contributed by atoms with Gasteiger partial charge in [0.25, 0.3) is 0 Å².